The maximum absolute atomic E-state index is 12.3. The van der Waals surface area contributed by atoms with E-state index in [4.69, 9.17) is 16.3 Å². The number of hydrogen-bond donors (Lipinski definition) is 1. The highest BCUT2D eigenvalue weighted by molar-refractivity contribution is 6.30. The average molecular weight is 374 g/mol. The van der Waals surface area contributed by atoms with E-state index in [1.54, 1.807) is 29.2 Å². The fourth-order valence-electron chi connectivity index (χ4n) is 3.28. The highest BCUT2D eigenvalue weighted by Gasteiger charge is 2.23. The molecule has 1 aliphatic rings. The molecule has 138 valence electrons. The van der Waals surface area contributed by atoms with Crippen molar-refractivity contribution in [3.8, 4) is 5.75 Å². The van der Waals surface area contributed by atoms with Gasteiger partial charge in [-0.1, -0.05) is 41.9 Å². The van der Waals surface area contributed by atoms with Gasteiger partial charge in [0.05, 0.1) is 32.7 Å². The smallest absolute Gasteiger partial charge is 0.260 e. The number of ether oxygens (including phenoxy) is 1. The van der Waals surface area contributed by atoms with E-state index in [1.807, 2.05) is 4.90 Å². The van der Waals surface area contributed by atoms with E-state index in [0.717, 1.165) is 39.1 Å². The van der Waals surface area contributed by atoms with Crippen LogP contribution in [0.4, 0.5) is 0 Å². The quantitative estimate of drug-likeness (QED) is 0.806. The Balaban J connectivity index is 1.33. The van der Waals surface area contributed by atoms with E-state index in [2.05, 4.69) is 30.3 Å². The first-order chi connectivity index (χ1) is 12.7. The lowest BCUT2D eigenvalue weighted by atomic mass is 10.1. The molecule has 0 spiro atoms. The SMILES string of the molecule is O=C(COc1ccc(Cl)cc1)N1CC[NH+](CCCc2ccccc2)CC1. The first-order valence-electron chi connectivity index (χ1n) is 9.24. The van der Waals surface area contributed by atoms with Crippen LogP contribution in [0.3, 0.4) is 0 Å². The van der Waals surface area contributed by atoms with E-state index in [9.17, 15) is 4.79 Å². The molecule has 0 saturated carbocycles. The second kappa shape index (κ2) is 9.60. The summed E-state index contributed by atoms with van der Waals surface area (Å²) in [6.07, 6.45) is 2.31. The molecular formula is C21H26ClN2O2+. The molecule has 1 amide bonds. The van der Waals surface area contributed by atoms with Crippen LogP contribution >= 0.6 is 11.6 Å². The molecule has 0 atom stereocenters. The average Bonchev–Trinajstić information content (AvgIpc) is 2.69. The van der Waals surface area contributed by atoms with Gasteiger partial charge in [0.1, 0.15) is 5.75 Å². The maximum atomic E-state index is 12.3. The molecule has 5 heteroatoms. The van der Waals surface area contributed by atoms with Crippen LogP contribution in [0.15, 0.2) is 54.6 Å². The number of quaternary nitrogens is 1. The van der Waals surface area contributed by atoms with Gasteiger partial charge in [-0.15, -0.1) is 0 Å². The Labute approximate surface area is 160 Å². The number of halogens is 1. The van der Waals surface area contributed by atoms with Gasteiger partial charge < -0.3 is 14.5 Å². The van der Waals surface area contributed by atoms with E-state index in [0.29, 0.717) is 10.8 Å². The highest BCUT2D eigenvalue weighted by Crippen LogP contribution is 2.15. The third-order valence-corrected chi connectivity index (χ3v) is 5.09. The van der Waals surface area contributed by atoms with Gasteiger partial charge in [-0.3, -0.25) is 4.79 Å². The van der Waals surface area contributed by atoms with Gasteiger partial charge >= 0.3 is 0 Å². The number of aryl methyl sites for hydroxylation is 1. The second-order valence-electron chi connectivity index (χ2n) is 6.71. The fourth-order valence-corrected chi connectivity index (χ4v) is 3.40. The Kier molecular flexibility index (Phi) is 6.92. The summed E-state index contributed by atoms with van der Waals surface area (Å²) in [5.41, 5.74) is 1.40. The molecule has 0 radical (unpaired) electrons. The number of nitrogens with zero attached hydrogens (tertiary/aromatic N) is 1. The van der Waals surface area contributed by atoms with E-state index in [-0.39, 0.29) is 12.5 Å². The summed E-state index contributed by atoms with van der Waals surface area (Å²) < 4.78 is 5.56. The van der Waals surface area contributed by atoms with Crippen molar-refractivity contribution in [1.82, 2.24) is 4.90 Å². The molecule has 2 aromatic carbocycles. The van der Waals surface area contributed by atoms with Gasteiger partial charge in [-0.2, -0.15) is 0 Å². The van der Waals surface area contributed by atoms with Gasteiger partial charge in [0.25, 0.3) is 5.91 Å². The standard InChI is InChI=1S/C21H25ClN2O2/c22-19-8-10-20(11-9-19)26-17-21(25)24-15-13-23(14-16-24)12-4-7-18-5-2-1-3-6-18/h1-3,5-6,8-11H,4,7,12-17H2/p+1. The van der Waals surface area contributed by atoms with Crippen LogP contribution in [0.25, 0.3) is 0 Å². The summed E-state index contributed by atoms with van der Waals surface area (Å²) in [4.78, 5) is 15.8. The number of rotatable bonds is 7. The van der Waals surface area contributed by atoms with Crippen molar-refractivity contribution in [3.63, 3.8) is 0 Å². The van der Waals surface area contributed by atoms with Crippen molar-refractivity contribution < 1.29 is 14.4 Å². The van der Waals surface area contributed by atoms with E-state index < -0.39 is 0 Å². The summed E-state index contributed by atoms with van der Waals surface area (Å²) >= 11 is 5.85. The predicted octanol–water partition coefficient (Wildman–Crippen LogP) is 2.08. The third-order valence-electron chi connectivity index (χ3n) is 4.84. The summed E-state index contributed by atoms with van der Waals surface area (Å²) in [5, 5.41) is 0.662. The van der Waals surface area contributed by atoms with Gasteiger partial charge in [0.2, 0.25) is 0 Å². The molecular weight excluding hydrogens is 348 g/mol. The van der Waals surface area contributed by atoms with Crippen molar-refractivity contribution >= 4 is 17.5 Å². The molecule has 4 nitrogen and oxygen atoms in total. The van der Waals surface area contributed by atoms with Gasteiger partial charge in [0.15, 0.2) is 6.61 Å². The lowest BCUT2D eigenvalue weighted by Crippen LogP contribution is -3.14. The number of amides is 1. The molecule has 1 heterocycles. The molecule has 3 rings (SSSR count). The Morgan fingerprint density at radius 1 is 1.04 bits per heavy atom. The molecule has 0 aromatic heterocycles. The maximum Gasteiger partial charge on any atom is 0.260 e. The van der Waals surface area contributed by atoms with Crippen LogP contribution < -0.4 is 9.64 Å². The van der Waals surface area contributed by atoms with Crippen LogP contribution in [0, 0.1) is 0 Å². The first-order valence-corrected chi connectivity index (χ1v) is 9.62. The summed E-state index contributed by atoms with van der Waals surface area (Å²) in [6, 6.07) is 17.7. The van der Waals surface area contributed by atoms with E-state index >= 15 is 0 Å². The zero-order chi connectivity index (χ0) is 18.2. The Bertz CT molecular complexity index is 683. The summed E-state index contributed by atoms with van der Waals surface area (Å²) in [6.45, 7) is 4.90. The highest BCUT2D eigenvalue weighted by atomic mass is 35.5. The zero-order valence-electron chi connectivity index (χ0n) is 15.0. The number of piperazine rings is 1. The molecule has 2 aromatic rings. The minimum atomic E-state index is 0.0586. The molecule has 0 aliphatic carbocycles. The van der Waals surface area contributed by atoms with Crippen molar-refractivity contribution in [2.45, 2.75) is 12.8 Å². The van der Waals surface area contributed by atoms with Gasteiger partial charge in [-0.05, 0) is 36.2 Å². The fraction of sp³-hybridized carbons (Fsp3) is 0.381. The predicted molar refractivity (Wildman–Crippen MR) is 104 cm³/mol. The second-order valence-corrected chi connectivity index (χ2v) is 7.15. The molecule has 26 heavy (non-hydrogen) atoms. The lowest BCUT2D eigenvalue weighted by Gasteiger charge is -2.32. The summed E-state index contributed by atoms with van der Waals surface area (Å²) in [5.74, 6) is 0.733. The molecule has 1 N–H and O–H groups in total. The third kappa shape index (κ3) is 5.75. The number of nitrogens with one attached hydrogen (secondary N) is 1. The number of hydrogen-bond acceptors (Lipinski definition) is 2. The van der Waals surface area contributed by atoms with Crippen LogP contribution in [0.5, 0.6) is 5.75 Å². The van der Waals surface area contributed by atoms with Gasteiger partial charge in [-0.25, -0.2) is 0 Å². The van der Waals surface area contributed by atoms with Crippen molar-refractivity contribution in [2.24, 2.45) is 0 Å². The van der Waals surface area contributed by atoms with Crippen LogP contribution in [-0.2, 0) is 11.2 Å². The topological polar surface area (TPSA) is 34.0 Å². The number of carbonyl (C=O) groups excluding carboxylic acids is 1. The van der Waals surface area contributed by atoms with Crippen LogP contribution in [0.2, 0.25) is 5.02 Å². The number of benzene rings is 2. The molecule has 0 bridgehead atoms. The Morgan fingerprint density at radius 3 is 2.42 bits per heavy atom. The molecule has 1 aliphatic heterocycles. The largest absolute Gasteiger partial charge is 0.484 e. The molecule has 1 saturated heterocycles. The first kappa shape index (κ1) is 18.7. The van der Waals surface area contributed by atoms with E-state index in [1.165, 1.54) is 12.0 Å². The van der Waals surface area contributed by atoms with Gasteiger partial charge in [0, 0.05) is 11.4 Å². The van der Waals surface area contributed by atoms with Crippen molar-refractivity contribution in [1.29, 1.82) is 0 Å². The summed E-state index contributed by atoms with van der Waals surface area (Å²) in [7, 11) is 0. The Hall–Kier alpha value is -2.04. The molecule has 1 fully saturated rings. The van der Waals surface area contributed by atoms with Crippen molar-refractivity contribution in [2.75, 3.05) is 39.3 Å². The Morgan fingerprint density at radius 2 is 1.73 bits per heavy atom. The number of carbonyl (C=O) groups is 1. The lowest BCUT2D eigenvalue weighted by molar-refractivity contribution is -0.904. The molecule has 0 unspecified atom stereocenters. The minimum absolute atomic E-state index is 0.0586. The minimum Gasteiger partial charge on any atom is -0.484 e. The van der Waals surface area contributed by atoms with Crippen LogP contribution in [0.1, 0.15) is 12.0 Å². The normalized spacial score (nSPS) is 15.0. The monoisotopic (exact) mass is 373 g/mol. The van der Waals surface area contributed by atoms with Crippen LogP contribution in [-0.4, -0.2) is 50.1 Å². The van der Waals surface area contributed by atoms with Crippen molar-refractivity contribution in [3.05, 3.63) is 65.2 Å². The zero-order valence-corrected chi connectivity index (χ0v) is 15.8.